The van der Waals surface area contributed by atoms with Gasteiger partial charge in [-0.15, -0.1) is 0 Å². The normalized spacial score (nSPS) is 19.4. The molecule has 1 atom stereocenters. The van der Waals surface area contributed by atoms with Crippen LogP contribution in [0.2, 0.25) is 0 Å². The summed E-state index contributed by atoms with van der Waals surface area (Å²) in [6, 6.07) is 3.35. The zero-order valence-electron chi connectivity index (χ0n) is 8.71. The first-order valence-electron chi connectivity index (χ1n) is 5.04. The van der Waals surface area contributed by atoms with Gasteiger partial charge in [0.25, 0.3) is 0 Å². The monoisotopic (exact) mass is 245 g/mol. The number of carboxylic acids is 1. The Morgan fingerprint density at radius 2 is 2.12 bits per heavy atom. The molecule has 17 heavy (non-hydrogen) atoms. The maximum Gasteiger partial charge on any atom is 0.416 e. The molecule has 92 valence electrons. The van der Waals surface area contributed by atoms with E-state index in [2.05, 4.69) is 5.32 Å². The molecule has 1 aliphatic rings. The van der Waals surface area contributed by atoms with E-state index in [9.17, 15) is 18.0 Å². The van der Waals surface area contributed by atoms with Gasteiger partial charge >= 0.3 is 12.1 Å². The molecule has 0 unspecified atom stereocenters. The van der Waals surface area contributed by atoms with Crippen molar-refractivity contribution in [3.8, 4) is 0 Å². The highest BCUT2D eigenvalue weighted by atomic mass is 19.4. The van der Waals surface area contributed by atoms with Crippen molar-refractivity contribution in [2.24, 2.45) is 5.92 Å². The van der Waals surface area contributed by atoms with E-state index in [1.807, 2.05) is 0 Å². The first kappa shape index (κ1) is 11.8. The molecule has 1 aromatic rings. The fourth-order valence-corrected chi connectivity index (χ4v) is 1.86. The smallest absolute Gasteiger partial charge is 0.416 e. The van der Waals surface area contributed by atoms with Gasteiger partial charge < -0.3 is 10.4 Å². The van der Waals surface area contributed by atoms with E-state index in [1.54, 1.807) is 0 Å². The number of fused-ring (bicyclic) bond motifs is 1. The number of carbonyl (C=O) groups is 1. The van der Waals surface area contributed by atoms with Crippen LogP contribution in [0.4, 0.5) is 18.9 Å². The van der Waals surface area contributed by atoms with Gasteiger partial charge in [0.15, 0.2) is 0 Å². The van der Waals surface area contributed by atoms with Gasteiger partial charge in [-0.05, 0) is 30.2 Å². The number of anilines is 1. The van der Waals surface area contributed by atoms with Crippen molar-refractivity contribution in [1.82, 2.24) is 0 Å². The van der Waals surface area contributed by atoms with E-state index >= 15 is 0 Å². The van der Waals surface area contributed by atoms with Crippen molar-refractivity contribution in [3.63, 3.8) is 0 Å². The standard InChI is InChI=1S/C11H10F3NO2/c12-11(13,14)8-1-2-9-6(4-8)3-7(5-15-9)10(16)17/h1-2,4,7,15H,3,5H2,(H,16,17)/t7-/m1/s1. The summed E-state index contributed by atoms with van der Waals surface area (Å²) in [6.07, 6.45) is -4.27. The van der Waals surface area contributed by atoms with Crippen LogP contribution in [0.25, 0.3) is 0 Å². The summed E-state index contributed by atoms with van der Waals surface area (Å²) in [7, 11) is 0. The third kappa shape index (κ3) is 2.35. The SMILES string of the molecule is O=C(O)[C@H]1CNc2ccc(C(F)(F)F)cc2C1. The topological polar surface area (TPSA) is 49.3 Å². The predicted octanol–water partition coefficient (Wildman–Crippen LogP) is 2.37. The number of nitrogens with one attached hydrogen (secondary N) is 1. The summed E-state index contributed by atoms with van der Waals surface area (Å²) in [4.78, 5) is 10.8. The van der Waals surface area contributed by atoms with E-state index in [0.29, 0.717) is 11.3 Å². The van der Waals surface area contributed by atoms with E-state index in [-0.39, 0.29) is 13.0 Å². The van der Waals surface area contributed by atoms with Crippen LogP contribution < -0.4 is 5.32 Å². The van der Waals surface area contributed by atoms with E-state index in [1.165, 1.54) is 6.07 Å². The molecule has 0 aliphatic carbocycles. The number of hydrogen-bond acceptors (Lipinski definition) is 2. The Kier molecular flexibility index (Phi) is 2.73. The summed E-state index contributed by atoms with van der Waals surface area (Å²) in [5.41, 5.74) is 0.234. The van der Waals surface area contributed by atoms with Crippen LogP contribution in [0.5, 0.6) is 0 Å². The molecule has 2 rings (SSSR count). The van der Waals surface area contributed by atoms with Crippen LogP contribution in [0.3, 0.4) is 0 Å². The number of alkyl halides is 3. The Morgan fingerprint density at radius 1 is 1.41 bits per heavy atom. The molecule has 0 bridgehead atoms. The van der Waals surface area contributed by atoms with Crippen molar-refractivity contribution < 1.29 is 23.1 Å². The highest BCUT2D eigenvalue weighted by Gasteiger charge is 2.32. The second-order valence-corrected chi connectivity index (χ2v) is 3.99. The first-order valence-corrected chi connectivity index (χ1v) is 5.04. The minimum Gasteiger partial charge on any atom is -0.481 e. The molecule has 0 amide bonds. The van der Waals surface area contributed by atoms with Crippen molar-refractivity contribution in [2.45, 2.75) is 12.6 Å². The lowest BCUT2D eigenvalue weighted by Gasteiger charge is -2.24. The first-order chi connectivity index (χ1) is 7.88. The second-order valence-electron chi connectivity index (χ2n) is 3.99. The average molecular weight is 245 g/mol. The minimum atomic E-state index is -4.40. The minimum absolute atomic E-state index is 0.127. The lowest BCUT2D eigenvalue weighted by molar-refractivity contribution is -0.141. The van der Waals surface area contributed by atoms with Crippen LogP contribution >= 0.6 is 0 Å². The van der Waals surface area contributed by atoms with Gasteiger partial charge in [0, 0.05) is 12.2 Å². The number of halogens is 3. The molecular weight excluding hydrogens is 235 g/mol. The van der Waals surface area contributed by atoms with Gasteiger partial charge in [-0.1, -0.05) is 0 Å². The third-order valence-corrected chi connectivity index (χ3v) is 2.79. The fraction of sp³-hybridized carbons (Fsp3) is 0.364. The molecule has 1 heterocycles. The maximum atomic E-state index is 12.5. The molecule has 0 aromatic heterocycles. The van der Waals surface area contributed by atoms with Crippen molar-refractivity contribution >= 4 is 11.7 Å². The number of aliphatic carboxylic acids is 1. The summed E-state index contributed by atoms with van der Waals surface area (Å²) in [5.74, 6) is -1.67. The Balaban J connectivity index is 2.32. The Labute approximate surface area is 95.3 Å². The van der Waals surface area contributed by atoms with Gasteiger partial charge in [-0.25, -0.2) is 0 Å². The van der Waals surface area contributed by atoms with Crippen molar-refractivity contribution in [2.75, 3.05) is 11.9 Å². The van der Waals surface area contributed by atoms with Crippen molar-refractivity contribution in [1.29, 1.82) is 0 Å². The van der Waals surface area contributed by atoms with Gasteiger partial charge in [-0.3, -0.25) is 4.79 Å². The Hall–Kier alpha value is -1.72. The molecular formula is C11H10F3NO2. The maximum absolute atomic E-state index is 12.5. The molecule has 2 N–H and O–H groups in total. The fourth-order valence-electron chi connectivity index (χ4n) is 1.86. The lowest BCUT2D eigenvalue weighted by Crippen LogP contribution is -2.29. The molecule has 0 fully saturated rings. The van der Waals surface area contributed by atoms with Crippen LogP contribution in [0, 0.1) is 5.92 Å². The zero-order chi connectivity index (χ0) is 12.6. The van der Waals surface area contributed by atoms with Crippen LogP contribution in [-0.2, 0) is 17.4 Å². The van der Waals surface area contributed by atoms with Crippen LogP contribution in [0.1, 0.15) is 11.1 Å². The largest absolute Gasteiger partial charge is 0.481 e. The van der Waals surface area contributed by atoms with Crippen LogP contribution in [0.15, 0.2) is 18.2 Å². The van der Waals surface area contributed by atoms with Crippen molar-refractivity contribution in [3.05, 3.63) is 29.3 Å². The summed E-state index contributed by atoms with van der Waals surface area (Å²) >= 11 is 0. The quantitative estimate of drug-likeness (QED) is 0.798. The molecule has 1 aromatic carbocycles. The van der Waals surface area contributed by atoms with E-state index < -0.39 is 23.6 Å². The summed E-state index contributed by atoms with van der Waals surface area (Å²) in [6.45, 7) is 0.244. The summed E-state index contributed by atoms with van der Waals surface area (Å²) in [5, 5.41) is 11.7. The third-order valence-electron chi connectivity index (χ3n) is 2.79. The van der Waals surface area contributed by atoms with Gasteiger partial charge in [0.2, 0.25) is 0 Å². The number of rotatable bonds is 1. The molecule has 3 nitrogen and oxygen atoms in total. The summed E-state index contributed by atoms with van der Waals surface area (Å²) < 4.78 is 37.4. The van der Waals surface area contributed by atoms with E-state index in [0.717, 1.165) is 12.1 Å². The number of benzene rings is 1. The van der Waals surface area contributed by atoms with Gasteiger partial charge in [0.05, 0.1) is 11.5 Å². The molecule has 6 heteroatoms. The van der Waals surface area contributed by atoms with Crippen LogP contribution in [-0.4, -0.2) is 17.6 Å². The molecule has 1 aliphatic heterocycles. The van der Waals surface area contributed by atoms with Gasteiger partial charge in [-0.2, -0.15) is 13.2 Å². The highest BCUT2D eigenvalue weighted by molar-refractivity contribution is 5.73. The zero-order valence-corrected chi connectivity index (χ0v) is 8.71. The Morgan fingerprint density at radius 3 is 2.71 bits per heavy atom. The number of hydrogen-bond donors (Lipinski definition) is 2. The highest BCUT2D eigenvalue weighted by Crippen LogP contribution is 2.34. The second kappa shape index (κ2) is 3.94. The molecule has 0 saturated heterocycles. The lowest BCUT2D eigenvalue weighted by atomic mass is 9.93. The Bertz CT molecular complexity index is 457. The molecule has 0 saturated carbocycles. The number of carboxylic acid groups (broad SMARTS) is 1. The average Bonchev–Trinajstić information content (AvgIpc) is 2.26. The van der Waals surface area contributed by atoms with E-state index in [4.69, 9.17) is 5.11 Å². The predicted molar refractivity (Wildman–Crippen MR) is 54.8 cm³/mol. The molecule has 0 radical (unpaired) electrons. The molecule has 0 spiro atoms. The van der Waals surface area contributed by atoms with Gasteiger partial charge in [0.1, 0.15) is 0 Å².